The third-order valence-corrected chi connectivity index (χ3v) is 2.94. The SMILES string of the molecule is CCCN(CC(F)(F)F)c1ccccc1CBr. The smallest absolute Gasteiger partial charge is 0.362 e. The second-order valence-electron chi connectivity index (χ2n) is 3.80. The molecule has 96 valence electrons. The van der Waals surface area contributed by atoms with Gasteiger partial charge in [0, 0.05) is 17.6 Å². The van der Waals surface area contributed by atoms with Gasteiger partial charge >= 0.3 is 6.18 Å². The van der Waals surface area contributed by atoms with Gasteiger partial charge < -0.3 is 4.90 Å². The fourth-order valence-corrected chi connectivity index (χ4v) is 2.18. The summed E-state index contributed by atoms with van der Waals surface area (Å²) < 4.78 is 37.5. The average Bonchev–Trinajstić information content (AvgIpc) is 2.27. The molecule has 0 heterocycles. The number of rotatable bonds is 5. The molecule has 0 amide bonds. The molecule has 0 radical (unpaired) electrons. The van der Waals surface area contributed by atoms with E-state index in [1.54, 1.807) is 12.1 Å². The Balaban J connectivity index is 2.96. The molecule has 0 aliphatic rings. The van der Waals surface area contributed by atoms with Crippen LogP contribution in [0.4, 0.5) is 18.9 Å². The lowest BCUT2D eigenvalue weighted by atomic mass is 10.1. The van der Waals surface area contributed by atoms with Gasteiger partial charge in [0.2, 0.25) is 0 Å². The number of hydrogen-bond acceptors (Lipinski definition) is 1. The van der Waals surface area contributed by atoms with Gasteiger partial charge in [0.05, 0.1) is 0 Å². The molecule has 0 aliphatic carbocycles. The minimum Gasteiger partial charge on any atom is -0.362 e. The third kappa shape index (κ3) is 4.58. The standard InChI is InChI=1S/C12H15BrF3N/c1-2-7-17(9-12(14,15)16)11-6-4-3-5-10(11)8-13/h3-6H,2,7-9H2,1H3. The molecule has 0 saturated heterocycles. The van der Waals surface area contributed by atoms with Gasteiger partial charge in [-0.2, -0.15) is 13.2 Å². The van der Waals surface area contributed by atoms with E-state index in [0.717, 1.165) is 5.56 Å². The topological polar surface area (TPSA) is 3.24 Å². The zero-order chi connectivity index (χ0) is 12.9. The highest BCUT2D eigenvalue weighted by molar-refractivity contribution is 9.08. The van der Waals surface area contributed by atoms with Crippen LogP contribution in [-0.4, -0.2) is 19.3 Å². The van der Waals surface area contributed by atoms with Crippen molar-refractivity contribution in [2.75, 3.05) is 18.0 Å². The van der Waals surface area contributed by atoms with Crippen molar-refractivity contribution in [3.8, 4) is 0 Å². The Morgan fingerprint density at radius 1 is 1.24 bits per heavy atom. The highest BCUT2D eigenvalue weighted by Crippen LogP contribution is 2.26. The Labute approximate surface area is 108 Å². The van der Waals surface area contributed by atoms with Gasteiger partial charge in [0.25, 0.3) is 0 Å². The molecule has 0 spiro atoms. The van der Waals surface area contributed by atoms with Crippen molar-refractivity contribution >= 4 is 21.6 Å². The largest absolute Gasteiger partial charge is 0.405 e. The van der Waals surface area contributed by atoms with Gasteiger partial charge in [0.15, 0.2) is 0 Å². The molecular formula is C12H15BrF3N. The van der Waals surface area contributed by atoms with E-state index >= 15 is 0 Å². The van der Waals surface area contributed by atoms with Crippen LogP contribution < -0.4 is 4.90 Å². The summed E-state index contributed by atoms with van der Waals surface area (Å²) in [5, 5.41) is 0.557. The second kappa shape index (κ2) is 6.28. The van der Waals surface area contributed by atoms with Crippen LogP contribution in [0.3, 0.4) is 0 Å². The van der Waals surface area contributed by atoms with Gasteiger partial charge in [0.1, 0.15) is 6.54 Å². The Morgan fingerprint density at radius 2 is 1.88 bits per heavy atom. The first-order valence-electron chi connectivity index (χ1n) is 5.43. The molecule has 1 aromatic carbocycles. The van der Waals surface area contributed by atoms with Gasteiger partial charge in [-0.1, -0.05) is 41.1 Å². The molecule has 0 fully saturated rings. The van der Waals surface area contributed by atoms with Crippen molar-refractivity contribution in [2.24, 2.45) is 0 Å². The van der Waals surface area contributed by atoms with Gasteiger partial charge in [-0.3, -0.25) is 0 Å². The molecule has 0 aromatic heterocycles. The Morgan fingerprint density at radius 3 is 2.41 bits per heavy atom. The number of hydrogen-bond donors (Lipinski definition) is 0. The molecule has 1 rings (SSSR count). The predicted octanol–water partition coefficient (Wildman–Crippen LogP) is 4.36. The van der Waals surface area contributed by atoms with Crippen molar-refractivity contribution in [3.63, 3.8) is 0 Å². The van der Waals surface area contributed by atoms with Crippen LogP contribution in [0, 0.1) is 0 Å². The molecule has 1 nitrogen and oxygen atoms in total. The summed E-state index contributed by atoms with van der Waals surface area (Å²) in [6.07, 6.45) is -3.48. The summed E-state index contributed by atoms with van der Waals surface area (Å²) in [5.74, 6) is 0. The number of anilines is 1. The van der Waals surface area contributed by atoms with Crippen molar-refractivity contribution in [2.45, 2.75) is 24.9 Å². The normalized spacial score (nSPS) is 11.6. The summed E-state index contributed by atoms with van der Waals surface area (Å²) >= 11 is 3.30. The van der Waals surface area contributed by atoms with Crippen LogP contribution in [-0.2, 0) is 5.33 Å². The van der Waals surface area contributed by atoms with E-state index < -0.39 is 12.7 Å². The second-order valence-corrected chi connectivity index (χ2v) is 4.36. The molecular weight excluding hydrogens is 295 g/mol. The summed E-state index contributed by atoms with van der Waals surface area (Å²) in [5.41, 5.74) is 1.54. The number of alkyl halides is 4. The van der Waals surface area contributed by atoms with E-state index in [1.165, 1.54) is 4.90 Å². The van der Waals surface area contributed by atoms with E-state index in [0.29, 0.717) is 24.0 Å². The zero-order valence-electron chi connectivity index (χ0n) is 9.60. The molecule has 0 unspecified atom stereocenters. The summed E-state index contributed by atoms with van der Waals surface area (Å²) in [6.45, 7) is 1.38. The highest BCUT2D eigenvalue weighted by Gasteiger charge is 2.31. The van der Waals surface area contributed by atoms with Gasteiger partial charge in [-0.25, -0.2) is 0 Å². The third-order valence-electron chi connectivity index (χ3n) is 2.34. The van der Waals surface area contributed by atoms with Crippen molar-refractivity contribution in [3.05, 3.63) is 29.8 Å². The minimum absolute atomic E-state index is 0.406. The molecule has 0 saturated carbocycles. The monoisotopic (exact) mass is 309 g/mol. The lowest BCUT2D eigenvalue weighted by molar-refractivity contribution is -0.119. The zero-order valence-corrected chi connectivity index (χ0v) is 11.2. The lowest BCUT2D eigenvalue weighted by Gasteiger charge is -2.27. The lowest BCUT2D eigenvalue weighted by Crippen LogP contribution is -2.35. The summed E-state index contributed by atoms with van der Waals surface area (Å²) in [7, 11) is 0. The van der Waals surface area contributed by atoms with Crippen molar-refractivity contribution in [1.29, 1.82) is 0 Å². The van der Waals surface area contributed by atoms with E-state index in [1.807, 2.05) is 19.1 Å². The Hall–Kier alpha value is -0.710. The minimum atomic E-state index is -4.17. The first-order chi connectivity index (χ1) is 7.98. The van der Waals surface area contributed by atoms with Crippen LogP contribution in [0.2, 0.25) is 0 Å². The fourth-order valence-electron chi connectivity index (χ4n) is 1.70. The van der Waals surface area contributed by atoms with E-state index in [-0.39, 0.29) is 0 Å². The van der Waals surface area contributed by atoms with Crippen molar-refractivity contribution < 1.29 is 13.2 Å². The fraction of sp³-hybridized carbons (Fsp3) is 0.500. The molecule has 5 heteroatoms. The Bertz CT molecular complexity index is 352. The maximum atomic E-state index is 12.5. The number of benzene rings is 1. The van der Waals surface area contributed by atoms with Gasteiger partial charge in [-0.15, -0.1) is 0 Å². The molecule has 0 aliphatic heterocycles. The van der Waals surface area contributed by atoms with E-state index in [2.05, 4.69) is 15.9 Å². The molecule has 0 atom stereocenters. The molecule has 0 bridgehead atoms. The highest BCUT2D eigenvalue weighted by atomic mass is 79.9. The number of para-hydroxylation sites is 1. The molecule has 17 heavy (non-hydrogen) atoms. The van der Waals surface area contributed by atoms with Gasteiger partial charge in [-0.05, 0) is 18.1 Å². The van der Waals surface area contributed by atoms with Crippen LogP contribution in [0.25, 0.3) is 0 Å². The van der Waals surface area contributed by atoms with E-state index in [4.69, 9.17) is 0 Å². The van der Waals surface area contributed by atoms with Crippen LogP contribution >= 0.6 is 15.9 Å². The maximum absolute atomic E-state index is 12.5. The average molecular weight is 310 g/mol. The van der Waals surface area contributed by atoms with Crippen LogP contribution in [0.1, 0.15) is 18.9 Å². The van der Waals surface area contributed by atoms with E-state index in [9.17, 15) is 13.2 Å². The number of halogens is 4. The van der Waals surface area contributed by atoms with Crippen molar-refractivity contribution in [1.82, 2.24) is 0 Å². The summed E-state index contributed by atoms with van der Waals surface area (Å²) in [6, 6.07) is 7.17. The van der Waals surface area contributed by atoms with Crippen LogP contribution in [0.15, 0.2) is 24.3 Å². The molecule has 1 aromatic rings. The first kappa shape index (κ1) is 14.4. The summed E-state index contributed by atoms with van der Waals surface area (Å²) in [4.78, 5) is 1.39. The quantitative estimate of drug-likeness (QED) is 0.730. The predicted molar refractivity (Wildman–Crippen MR) is 67.6 cm³/mol. The molecule has 0 N–H and O–H groups in total. The maximum Gasteiger partial charge on any atom is 0.405 e. The number of nitrogens with zero attached hydrogens (tertiary/aromatic N) is 1. The van der Waals surface area contributed by atoms with Crippen LogP contribution in [0.5, 0.6) is 0 Å². The first-order valence-corrected chi connectivity index (χ1v) is 6.55. The Kier molecular flexibility index (Phi) is 5.31.